The van der Waals surface area contributed by atoms with Crippen LogP contribution in [0.15, 0.2) is 54.9 Å². The van der Waals surface area contributed by atoms with Gasteiger partial charge < -0.3 is 29.3 Å². The number of carbonyl (C=O) groups is 3. The van der Waals surface area contributed by atoms with E-state index in [4.69, 9.17) is 24.2 Å². The Bertz CT molecular complexity index is 1620. The number of rotatable bonds is 6. The molecule has 6 rings (SSSR count). The largest absolute Gasteiger partial charge is 0.497 e. The van der Waals surface area contributed by atoms with Gasteiger partial charge in [0.25, 0.3) is 0 Å². The number of allylic oxidation sites excluding steroid dienone is 1. The first kappa shape index (κ1) is 30.3. The lowest BCUT2D eigenvalue weighted by Crippen LogP contribution is -2.55. The van der Waals surface area contributed by atoms with Crippen molar-refractivity contribution in [3.05, 3.63) is 54.9 Å². The topological polar surface area (TPSA) is 136 Å². The molecule has 12 heteroatoms. The van der Waals surface area contributed by atoms with Gasteiger partial charge in [-0.15, -0.1) is 0 Å². The number of hydrogen-bond acceptors (Lipinski definition) is 9. The fraction of sp³-hybridized carbons (Fsp3) is 0.455. The molecule has 0 unspecified atom stereocenters. The van der Waals surface area contributed by atoms with E-state index < -0.39 is 29.6 Å². The lowest BCUT2D eigenvalue weighted by Gasteiger charge is -2.30. The Balaban J connectivity index is 1.32. The molecule has 1 saturated carbocycles. The maximum atomic E-state index is 13.9. The first-order valence-electron chi connectivity index (χ1n) is 15.4. The molecule has 3 aromatic rings. The van der Waals surface area contributed by atoms with E-state index in [-0.39, 0.29) is 31.5 Å². The van der Waals surface area contributed by atoms with Crippen molar-refractivity contribution in [1.82, 2.24) is 30.1 Å². The number of methoxy groups -OCH3 is 1. The summed E-state index contributed by atoms with van der Waals surface area (Å²) in [6.45, 7) is 2.69. The van der Waals surface area contributed by atoms with Gasteiger partial charge in [0.05, 0.1) is 31.2 Å². The van der Waals surface area contributed by atoms with Gasteiger partial charge in [-0.3, -0.25) is 9.78 Å². The summed E-state index contributed by atoms with van der Waals surface area (Å²) in [5.74, 6) is 0.411. The van der Waals surface area contributed by atoms with E-state index in [9.17, 15) is 14.4 Å². The highest BCUT2D eigenvalue weighted by molar-refractivity contribution is 5.95. The van der Waals surface area contributed by atoms with Gasteiger partial charge in [0.1, 0.15) is 23.4 Å². The van der Waals surface area contributed by atoms with Crippen LogP contribution in [0.25, 0.3) is 22.3 Å². The Morgan fingerprint density at radius 1 is 1.13 bits per heavy atom. The molecular formula is C33H38N6O6. The molecule has 4 heterocycles. The lowest BCUT2D eigenvalue weighted by molar-refractivity contribution is -0.149. The average molecular weight is 615 g/mol. The number of amides is 3. The van der Waals surface area contributed by atoms with Gasteiger partial charge in [-0.2, -0.15) is 4.98 Å². The minimum Gasteiger partial charge on any atom is -0.497 e. The molecule has 45 heavy (non-hydrogen) atoms. The van der Waals surface area contributed by atoms with Gasteiger partial charge in [-0.05, 0) is 56.9 Å². The monoisotopic (exact) mass is 614 g/mol. The molecule has 2 fully saturated rings. The fourth-order valence-corrected chi connectivity index (χ4v) is 6.13. The van der Waals surface area contributed by atoms with E-state index >= 15 is 0 Å². The Hall–Kier alpha value is -4.74. The van der Waals surface area contributed by atoms with Crippen LogP contribution in [0.4, 0.5) is 4.79 Å². The Morgan fingerprint density at radius 2 is 1.96 bits per heavy atom. The van der Waals surface area contributed by atoms with E-state index in [1.165, 1.54) is 0 Å². The van der Waals surface area contributed by atoms with Crippen LogP contribution in [-0.2, 0) is 14.3 Å². The summed E-state index contributed by atoms with van der Waals surface area (Å²) in [7, 11) is 3.34. The second-order valence-corrected chi connectivity index (χ2v) is 11.7. The molecule has 1 saturated heterocycles. The molecule has 3 aliphatic rings. The summed E-state index contributed by atoms with van der Waals surface area (Å²) in [4.78, 5) is 57.5. The third-order valence-electron chi connectivity index (χ3n) is 8.71. The van der Waals surface area contributed by atoms with Gasteiger partial charge in [-0.25, -0.2) is 14.6 Å². The number of nitrogens with zero attached hydrogens (tertiary/aromatic N) is 5. The molecule has 236 valence electrons. The number of ether oxygens (including phenoxy) is 3. The normalized spacial score (nSPS) is 25.9. The van der Waals surface area contributed by atoms with Crippen LogP contribution >= 0.6 is 0 Å². The summed E-state index contributed by atoms with van der Waals surface area (Å²) in [5.41, 5.74) is 0.256. The van der Waals surface area contributed by atoms with Crippen LogP contribution in [0.3, 0.4) is 0 Å². The number of pyridine rings is 1. The molecule has 4 atom stereocenters. The number of nitrogens with one attached hydrogen (secondary N) is 1. The van der Waals surface area contributed by atoms with Gasteiger partial charge in [0, 0.05) is 50.0 Å². The molecule has 12 nitrogen and oxygen atoms in total. The van der Waals surface area contributed by atoms with Crippen molar-refractivity contribution in [3.8, 4) is 23.0 Å². The van der Waals surface area contributed by atoms with Crippen LogP contribution in [0, 0.1) is 5.92 Å². The maximum Gasteiger partial charge on any atom is 0.332 e. The number of hydrogen-bond donors (Lipinski definition) is 1. The highest BCUT2D eigenvalue weighted by Gasteiger charge is 2.62. The van der Waals surface area contributed by atoms with Crippen LogP contribution in [0.1, 0.15) is 39.0 Å². The minimum absolute atomic E-state index is 0.153. The average Bonchev–Trinajstić information content (AvgIpc) is 3.59. The fourth-order valence-electron chi connectivity index (χ4n) is 6.13. The first-order chi connectivity index (χ1) is 21.8. The third kappa shape index (κ3) is 6.13. The zero-order chi connectivity index (χ0) is 31.6. The van der Waals surface area contributed by atoms with E-state index in [1.807, 2.05) is 36.4 Å². The number of esters is 1. The summed E-state index contributed by atoms with van der Waals surface area (Å²) in [6.07, 6.45) is 10.1. The second-order valence-electron chi connectivity index (χ2n) is 11.7. The molecule has 3 amide bonds. The van der Waals surface area contributed by atoms with Crippen molar-refractivity contribution in [1.29, 1.82) is 0 Å². The molecule has 1 N–H and O–H groups in total. The first-order valence-corrected chi connectivity index (χ1v) is 15.4. The molecular weight excluding hydrogens is 576 g/mol. The molecule has 0 spiro atoms. The number of urea groups is 1. The van der Waals surface area contributed by atoms with Crippen LogP contribution in [0.2, 0.25) is 0 Å². The third-order valence-corrected chi connectivity index (χ3v) is 8.71. The zero-order valence-electron chi connectivity index (χ0n) is 25.8. The molecule has 0 bridgehead atoms. The van der Waals surface area contributed by atoms with E-state index in [0.717, 1.165) is 24.8 Å². The summed E-state index contributed by atoms with van der Waals surface area (Å²) >= 11 is 0. The number of fused-ring (bicyclic) bond motifs is 3. The highest BCUT2D eigenvalue weighted by atomic mass is 16.5. The Kier molecular flexibility index (Phi) is 8.55. The quantitative estimate of drug-likeness (QED) is 0.325. The molecule has 1 aliphatic carbocycles. The predicted octanol–water partition coefficient (Wildman–Crippen LogP) is 3.75. The zero-order valence-corrected chi connectivity index (χ0v) is 25.8. The summed E-state index contributed by atoms with van der Waals surface area (Å²) in [6, 6.07) is 7.97. The van der Waals surface area contributed by atoms with E-state index in [0.29, 0.717) is 41.3 Å². The molecule has 0 radical (unpaired) electrons. The molecule has 1 aromatic carbocycles. The smallest absolute Gasteiger partial charge is 0.332 e. The van der Waals surface area contributed by atoms with Crippen molar-refractivity contribution in [3.63, 3.8) is 0 Å². The Morgan fingerprint density at radius 3 is 2.73 bits per heavy atom. The Labute approximate surface area is 261 Å². The predicted molar refractivity (Wildman–Crippen MR) is 165 cm³/mol. The van der Waals surface area contributed by atoms with Crippen LogP contribution in [0.5, 0.6) is 11.6 Å². The summed E-state index contributed by atoms with van der Waals surface area (Å²) in [5, 5.41) is 3.66. The van der Waals surface area contributed by atoms with Crippen LogP contribution < -0.4 is 14.8 Å². The van der Waals surface area contributed by atoms with Crippen molar-refractivity contribution in [2.45, 2.75) is 56.7 Å². The van der Waals surface area contributed by atoms with Gasteiger partial charge >= 0.3 is 12.0 Å². The number of benzene rings is 1. The number of carbonyl (C=O) groups excluding carboxylic acids is 3. The van der Waals surface area contributed by atoms with E-state index in [1.54, 1.807) is 43.3 Å². The summed E-state index contributed by atoms with van der Waals surface area (Å²) < 4.78 is 17.3. The van der Waals surface area contributed by atoms with E-state index in [2.05, 4.69) is 16.4 Å². The maximum absolute atomic E-state index is 13.9. The lowest BCUT2D eigenvalue weighted by atomic mass is 10.1. The number of aromatic nitrogens is 3. The van der Waals surface area contributed by atoms with Crippen LogP contribution in [-0.4, -0.2) is 94.2 Å². The van der Waals surface area contributed by atoms with Crippen molar-refractivity contribution in [2.24, 2.45) is 5.92 Å². The minimum atomic E-state index is -1.13. The molecule has 2 aromatic heterocycles. The second kappa shape index (κ2) is 12.7. The van der Waals surface area contributed by atoms with Gasteiger partial charge in [-0.1, -0.05) is 12.2 Å². The highest BCUT2D eigenvalue weighted by Crippen LogP contribution is 2.46. The SMILES string of the molecule is CCOC(=O)[C@@]12C[C@@H]1/C=C\CCCCN(C)C(=O)N1C[C@H](Oc3nc(-c4ccncc4)nc4cc(OC)ccc34)C[C@H]1C(=O)N2. The van der Waals surface area contributed by atoms with Gasteiger partial charge in [0.15, 0.2) is 5.82 Å². The molecule has 2 aliphatic heterocycles. The van der Waals surface area contributed by atoms with Crippen molar-refractivity contribution < 1.29 is 28.6 Å². The van der Waals surface area contributed by atoms with Gasteiger partial charge in [0.2, 0.25) is 11.8 Å². The van der Waals surface area contributed by atoms with Crippen molar-refractivity contribution >= 4 is 28.8 Å². The van der Waals surface area contributed by atoms with Crippen molar-refractivity contribution in [2.75, 3.05) is 33.9 Å². The standard InChI is InChI=1S/C33H38N6O6/c1-4-44-31(41)33-19-22(33)9-7-5-6-8-16-38(2)32(42)39-20-24(18-27(39)29(40)37-33)45-30-25-11-10-23(43-3)17-26(25)35-28(36-30)21-12-14-34-15-13-21/h7,9-15,17,22,24,27H,4-6,8,16,18-20H2,1-3H3,(H,37,40)/b9-7-/t22-,24+,27-,33+/m0/s1.